The highest BCUT2D eigenvalue weighted by molar-refractivity contribution is 5.75. The average Bonchev–Trinajstić information content (AvgIpc) is 2.54. The Morgan fingerprint density at radius 3 is 2.73 bits per heavy atom. The molecular weight excluding hydrogens is 182 g/mol. The average molecular weight is 195 g/mol. The number of nitrogens with zero attached hydrogens (tertiary/aromatic N) is 1. The third-order valence-corrected chi connectivity index (χ3v) is 3.03. The zero-order valence-corrected chi connectivity index (χ0v) is 9.04. The van der Waals surface area contributed by atoms with Crippen LogP contribution in [-0.4, -0.2) is 4.98 Å². The highest BCUT2D eigenvalue weighted by atomic mass is 14.7. The van der Waals surface area contributed by atoms with Gasteiger partial charge in [-0.05, 0) is 31.0 Å². The largest absolute Gasteiger partial charge is 0.257 e. The first-order valence-electron chi connectivity index (χ1n) is 5.30. The van der Waals surface area contributed by atoms with Crippen LogP contribution in [0.15, 0.2) is 30.3 Å². The number of benzene rings is 1. The van der Waals surface area contributed by atoms with Crippen LogP contribution in [0.5, 0.6) is 0 Å². The van der Waals surface area contributed by atoms with Crippen LogP contribution in [0.3, 0.4) is 0 Å². The quantitative estimate of drug-likeness (QED) is 0.536. The van der Waals surface area contributed by atoms with Gasteiger partial charge in [0.15, 0.2) is 0 Å². The fourth-order valence-corrected chi connectivity index (χ4v) is 2.27. The summed E-state index contributed by atoms with van der Waals surface area (Å²) in [5.41, 5.74) is 7.77. The molecule has 1 aromatic carbocycles. The topological polar surface area (TPSA) is 12.9 Å². The first-order valence-corrected chi connectivity index (χ1v) is 5.30. The van der Waals surface area contributed by atoms with Gasteiger partial charge in [-0.1, -0.05) is 29.8 Å². The number of hydrogen-bond acceptors (Lipinski definition) is 1. The molecule has 1 nitrogen and oxygen atoms in total. The van der Waals surface area contributed by atoms with Crippen LogP contribution < -0.4 is 0 Å². The minimum Gasteiger partial charge on any atom is -0.257 e. The number of rotatable bonds is 0. The molecule has 0 bridgehead atoms. The standard InChI is InChI=1S/C14H13N/c1-9-3-5-11-8-14-12(13(11)7-9)6-4-10(2)15-14/h3-7H,8H2,1-2H3. The number of aromatic nitrogens is 1. The van der Waals surface area contributed by atoms with E-state index in [9.17, 15) is 0 Å². The van der Waals surface area contributed by atoms with Crippen LogP contribution in [0.4, 0.5) is 0 Å². The fraction of sp³-hybridized carbons (Fsp3) is 0.214. The summed E-state index contributed by atoms with van der Waals surface area (Å²) in [6.07, 6.45) is 0.993. The van der Waals surface area contributed by atoms with Crippen LogP contribution >= 0.6 is 0 Å². The zero-order chi connectivity index (χ0) is 10.4. The molecule has 0 unspecified atom stereocenters. The van der Waals surface area contributed by atoms with Gasteiger partial charge in [0, 0.05) is 17.7 Å². The molecule has 0 fully saturated rings. The molecule has 1 heterocycles. The van der Waals surface area contributed by atoms with Gasteiger partial charge in [-0.15, -0.1) is 0 Å². The molecule has 0 atom stereocenters. The Bertz CT molecular complexity index is 541. The molecular formula is C14H13N. The molecule has 0 amide bonds. The van der Waals surface area contributed by atoms with Crippen LogP contribution in [0.1, 0.15) is 22.5 Å². The number of pyridine rings is 1. The van der Waals surface area contributed by atoms with Crippen LogP contribution in [0.2, 0.25) is 0 Å². The first kappa shape index (κ1) is 8.66. The molecule has 2 aromatic rings. The van der Waals surface area contributed by atoms with Gasteiger partial charge in [0.2, 0.25) is 0 Å². The summed E-state index contributed by atoms with van der Waals surface area (Å²) in [5, 5.41) is 0. The summed E-state index contributed by atoms with van der Waals surface area (Å²) in [6, 6.07) is 11.0. The zero-order valence-electron chi connectivity index (χ0n) is 9.04. The highest BCUT2D eigenvalue weighted by Gasteiger charge is 2.18. The summed E-state index contributed by atoms with van der Waals surface area (Å²) in [5.74, 6) is 0. The lowest BCUT2D eigenvalue weighted by Gasteiger charge is -2.01. The van der Waals surface area contributed by atoms with E-state index in [2.05, 4.69) is 49.2 Å². The molecule has 3 rings (SSSR count). The van der Waals surface area contributed by atoms with E-state index in [1.54, 1.807) is 0 Å². The second-order valence-corrected chi connectivity index (χ2v) is 4.28. The Labute approximate surface area is 89.8 Å². The van der Waals surface area contributed by atoms with Crippen molar-refractivity contribution in [2.45, 2.75) is 20.3 Å². The van der Waals surface area contributed by atoms with Gasteiger partial charge in [0.25, 0.3) is 0 Å². The maximum atomic E-state index is 4.60. The van der Waals surface area contributed by atoms with Crippen molar-refractivity contribution < 1.29 is 0 Å². The summed E-state index contributed by atoms with van der Waals surface area (Å²) in [6.45, 7) is 4.19. The monoisotopic (exact) mass is 195 g/mol. The smallest absolute Gasteiger partial charge is 0.0529 e. The third kappa shape index (κ3) is 1.27. The van der Waals surface area contributed by atoms with Gasteiger partial charge in [0.05, 0.1) is 5.69 Å². The van der Waals surface area contributed by atoms with E-state index in [0.29, 0.717) is 0 Å². The van der Waals surface area contributed by atoms with Crippen molar-refractivity contribution in [3.05, 3.63) is 52.8 Å². The molecule has 0 aliphatic heterocycles. The summed E-state index contributed by atoms with van der Waals surface area (Å²) < 4.78 is 0. The minimum atomic E-state index is 0.993. The summed E-state index contributed by atoms with van der Waals surface area (Å²) in [7, 11) is 0. The molecule has 1 aliphatic rings. The van der Waals surface area contributed by atoms with Gasteiger partial charge in [0.1, 0.15) is 0 Å². The Hall–Kier alpha value is -1.63. The van der Waals surface area contributed by atoms with Crippen LogP contribution in [0.25, 0.3) is 11.1 Å². The number of aryl methyl sites for hydroxylation is 2. The van der Waals surface area contributed by atoms with Gasteiger partial charge in [-0.2, -0.15) is 0 Å². The van der Waals surface area contributed by atoms with E-state index in [4.69, 9.17) is 0 Å². The van der Waals surface area contributed by atoms with Crippen LogP contribution in [0, 0.1) is 13.8 Å². The highest BCUT2D eigenvalue weighted by Crippen LogP contribution is 2.35. The minimum absolute atomic E-state index is 0.993. The van der Waals surface area contributed by atoms with E-state index < -0.39 is 0 Å². The lowest BCUT2D eigenvalue weighted by molar-refractivity contribution is 1.07. The SMILES string of the molecule is Cc1ccc2c(c1)-c1ccc(C)nc1C2. The van der Waals surface area contributed by atoms with Gasteiger partial charge < -0.3 is 0 Å². The maximum absolute atomic E-state index is 4.60. The predicted octanol–water partition coefficient (Wildman–Crippen LogP) is 3.27. The Morgan fingerprint density at radius 2 is 1.87 bits per heavy atom. The van der Waals surface area contributed by atoms with E-state index in [-0.39, 0.29) is 0 Å². The predicted molar refractivity (Wildman–Crippen MR) is 62.0 cm³/mol. The van der Waals surface area contributed by atoms with E-state index in [1.165, 1.54) is 27.9 Å². The molecule has 1 heteroatoms. The number of hydrogen-bond donors (Lipinski definition) is 0. The molecule has 74 valence electrons. The molecule has 0 radical (unpaired) electrons. The van der Waals surface area contributed by atoms with Crippen molar-refractivity contribution in [2.24, 2.45) is 0 Å². The van der Waals surface area contributed by atoms with Crippen molar-refractivity contribution in [3.63, 3.8) is 0 Å². The van der Waals surface area contributed by atoms with Crippen molar-refractivity contribution in [3.8, 4) is 11.1 Å². The first-order chi connectivity index (χ1) is 7.24. The molecule has 0 N–H and O–H groups in total. The molecule has 0 saturated heterocycles. The van der Waals surface area contributed by atoms with E-state index in [1.807, 2.05) is 0 Å². The lowest BCUT2D eigenvalue weighted by atomic mass is 10.0. The van der Waals surface area contributed by atoms with E-state index in [0.717, 1.165) is 12.1 Å². The maximum Gasteiger partial charge on any atom is 0.0529 e. The Kier molecular flexibility index (Phi) is 1.69. The summed E-state index contributed by atoms with van der Waals surface area (Å²) >= 11 is 0. The van der Waals surface area contributed by atoms with Crippen molar-refractivity contribution in [1.29, 1.82) is 0 Å². The second kappa shape index (κ2) is 2.93. The molecule has 0 saturated carbocycles. The fourth-order valence-electron chi connectivity index (χ4n) is 2.27. The van der Waals surface area contributed by atoms with Crippen molar-refractivity contribution >= 4 is 0 Å². The van der Waals surface area contributed by atoms with Gasteiger partial charge >= 0.3 is 0 Å². The Morgan fingerprint density at radius 1 is 1.00 bits per heavy atom. The van der Waals surface area contributed by atoms with E-state index >= 15 is 0 Å². The normalized spacial score (nSPS) is 12.4. The van der Waals surface area contributed by atoms with Gasteiger partial charge in [-0.3, -0.25) is 4.98 Å². The molecule has 1 aromatic heterocycles. The molecule has 15 heavy (non-hydrogen) atoms. The molecule has 0 spiro atoms. The van der Waals surface area contributed by atoms with Crippen LogP contribution in [-0.2, 0) is 6.42 Å². The number of fused-ring (bicyclic) bond motifs is 3. The van der Waals surface area contributed by atoms with Gasteiger partial charge in [-0.25, -0.2) is 0 Å². The third-order valence-electron chi connectivity index (χ3n) is 3.03. The van der Waals surface area contributed by atoms with Crippen molar-refractivity contribution in [1.82, 2.24) is 4.98 Å². The Balaban J connectivity index is 2.26. The van der Waals surface area contributed by atoms with Crippen molar-refractivity contribution in [2.75, 3.05) is 0 Å². The lowest BCUT2D eigenvalue weighted by Crippen LogP contribution is -1.88. The molecule has 1 aliphatic carbocycles. The summed E-state index contributed by atoms with van der Waals surface area (Å²) in [4.78, 5) is 4.60. The second-order valence-electron chi connectivity index (χ2n) is 4.28.